The van der Waals surface area contributed by atoms with Crippen molar-refractivity contribution in [3.05, 3.63) is 54.1 Å². The summed E-state index contributed by atoms with van der Waals surface area (Å²) in [5.74, 6) is 0.434. The second kappa shape index (κ2) is 5.99. The zero-order valence-electron chi connectivity index (χ0n) is 12.7. The summed E-state index contributed by atoms with van der Waals surface area (Å²) in [4.78, 5) is 2.15. The van der Waals surface area contributed by atoms with Crippen molar-refractivity contribution in [3.63, 3.8) is 0 Å². The largest absolute Gasteiger partial charge is 0.404 e. The van der Waals surface area contributed by atoms with Crippen molar-refractivity contribution in [2.75, 3.05) is 19.8 Å². The predicted octanol–water partition coefficient (Wildman–Crippen LogP) is 3.05. The summed E-state index contributed by atoms with van der Waals surface area (Å²) in [7, 11) is 4.13. The molecule has 0 spiro atoms. The quantitative estimate of drug-likeness (QED) is 0.801. The number of anilines is 1. The first-order valence-electron chi connectivity index (χ1n) is 7.05. The first-order valence-corrected chi connectivity index (χ1v) is 7.05. The maximum Gasteiger partial charge on any atom is 0.313 e. The molecule has 0 bridgehead atoms. The molecule has 0 radical (unpaired) electrons. The number of nitrogens with zero attached hydrogens (tertiary/aromatic N) is 3. The molecule has 22 heavy (non-hydrogen) atoms. The molecular formula is C17H18N4O. The van der Waals surface area contributed by atoms with Crippen LogP contribution in [0.3, 0.4) is 0 Å². The zero-order valence-corrected chi connectivity index (χ0v) is 12.7. The Kier molecular flexibility index (Phi) is 3.89. The van der Waals surface area contributed by atoms with Gasteiger partial charge in [-0.3, -0.25) is 0 Å². The highest BCUT2D eigenvalue weighted by atomic mass is 16.4. The van der Waals surface area contributed by atoms with E-state index in [1.807, 2.05) is 18.2 Å². The molecule has 0 amide bonds. The van der Waals surface area contributed by atoms with Crippen LogP contribution in [0.2, 0.25) is 0 Å². The van der Waals surface area contributed by atoms with Crippen molar-refractivity contribution < 1.29 is 4.42 Å². The summed E-state index contributed by atoms with van der Waals surface area (Å²) in [6, 6.07) is 16.6. The third-order valence-corrected chi connectivity index (χ3v) is 3.31. The highest BCUT2D eigenvalue weighted by Gasteiger charge is 2.08. The lowest BCUT2D eigenvalue weighted by atomic mass is 10.0. The van der Waals surface area contributed by atoms with Gasteiger partial charge in [0.15, 0.2) is 0 Å². The van der Waals surface area contributed by atoms with Gasteiger partial charge in [0.25, 0.3) is 0 Å². The molecule has 5 heteroatoms. The maximum absolute atomic E-state index is 5.49. The minimum Gasteiger partial charge on any atom is -0.404 e. The van der Waals surface area contributed by atoms with Gasteiger partial charge in [-0.15, -0.1) is 5.10 Å². The Balaban J connectivity index is 1.95. The molecule has 0 unspecified atom stereocenters. The van der Waals surface area contributed by atoms with Crippen molar-refractivity contribution in [3.8, 4) is 22.6 Å². The van der Waals surface area contributed by atoms with Crippen molar-refractivity contribution in [2.24, 2.45) is 0 Å². The lowest BCUT2D eigenvalue weighted by molar-refractivity contribution is 0.402. The van der Waals surface area contributed by atoms with Gasteiger partial charge in [-0.2, -0.15) is 0 Å². The minimum absolute atomic E-state index is 0.0772. The summed E-state index contributed by atoms with van der Waals surface area (Å²) in [5.41, 5.74) is 9.89. The highest BCUT2D eigenvalue weighted by molar-refractivity contribution is 5.70. The van der Waals surface area contributed by atoms with Gasteiger partial charge in [-0.05, 0) is 49.0 Å². The van der Waals surface area contributed by atoms with Gasteiger partial charge >= 0.3 is 6.01 Å². The summed E-state index contributed by atoms with van der Waals surface area (Å²) in [6.45, 7) is 0.910. The van der Waals surface area contributed by atoms with E-state index in [9.17, 15) is 0 Å². The summed E-state index contributed by atoms with van der Waals surface area (Å²) >= 11 is 0. The molecule has 0 aliphatic carbocycles. The second-order valence-corrected chi connectivity index (χ2v) is 5.46. The fourth-order valence-electron chi connectivity index (χ4n) is 2.40. The fraction of sp³-hybridized carbons (Fsp3) is 0.176. The van der Waals surface area contributed by atoms with E-state index in [1.54, 1.807) is 0 Å². The van der Waals surface area contributed by atoms with Crippen molar-refractivity contribution >= 4 is 6.01 Å². The lowest BCUT2D eigenvalue weighted by Crippen LogP contribution is -2.10. The zero-order chi connectivity index (χ0) is 15.5. The third-order valence-electron chi connectivity index (χ3n) is 3.31. The number of hydrogen-bond donors (Lipinski definition) is 1. The van der Waals surface area contributed by atoms with E-state index in [0.29, 0.717) is 5.89 Å². The molecule has 3 rings (SSSR count). The van der Waals surface area contributed by atoms with Crippen LogP contribution in [0.1, 0.15) is 5.56 Å². The van der Waals surface area contributed by atoms with Gasteiger partial charge in [-0.25, -0.2) is 0 Å². The standard InChI is InChI=1S/C17H18N4O/c1-21(2)11-12-5-3-6-13(9-12)14-7-4-8-15(10-14)16-19-20-17(18)22-16/h3-10H,11H2,1-2H3,(H2,18,20). The predicted molar refractivity (Wildman–Crippen MR) is 87.0 cm³/mol. The molecule has 0 saturated heterocycles. The Hall–Kier alpha value is -2.66. The molecule has 2 aromatic carbocycles. The van der Waals surface area contributed by atoms with Crippen LogP contribution < -0.4 is 5.73 Å². The topological polar surface area (TPSA) is 68.2 Å². The molecule has 0 fully saturated rings. The second-order valence-electron chi connectivity index (χ2n) is 5.46. The molecule has 2 N–H and O–H groups in total. The Morgan fingerprint density at radius 3 is 2.32 bits per heavy atom. The summed E-state index contributed by atoms with van der Waals surface area (Å²) < 4.78 is 5.29. The van der Waals surface area contributed by atoms with Crippen LogP contribution in [-0.4, -0.2) is 29.2 Å². The monoisotopic (exact) mass is 294 g/mol. The smallest absolute Gasteiger partial charge is 0.313 e. The average Bonchev–Trinajstić information content (AvgIpc) is 2.94. The maximum atomic E-state index is 5.49. The molecule has 112 valence electrons. The van der Waals surface area contributed by atoms with Gasteiger partial charge in [0, 0.05) is 12.1 Å². The van der Waals surface area contributed by atoms with Crippen LogP contribution in [0, 0.1) is 0 Å². The number of benzene rings is 2. The highest BCUT2D eigenvalue weighted by Crippen LogP contribution is 2.26. The van der Waals surface area contributed by atoms with Gasteiger partial charge in [0.2, 0.25) is 5.89 Å². The van der Waals surface area contributed by atoms with E-state index in [2.05, 4.69) is 59.5 Å². The fourth-order valence-corrected chi connectivity index (χ4v) is 2.40. The van der Waals surface area contributed by atoms with E-state index in [1.165, 1.54) is 5.56 Å². The minimum atomic E-state index is 0.0772. The Morgan fingerprint density at radius 1 is 0.955 bits per heavy atom. The number of nitrogens with two attached hydrogens (primary N) is 1. The van der Waals surface area contributed by atoms with Gasteiger partial charge in [0.1, 0.15) is 0 Å². The van der Waals surface area contributed by atoms with E-state index >= 15 is 0 Å². The van der Waals surface area contributed by atoms with Crippen LogP contribution in [-0.2, 0) is 6.54 Å². The van der Waals surface area contributed by atoms with Gasteiger partial charge in [-0.1, -0.05) is 35.4 Å². The van der Waals surface area contributed by atoms with Crippen molar-refractivity contribution in [1.82, 2.24) is 15.1 Å². The third kappa shape index (κ3) is 3.15. The normalized spacial score (nSPS) is 11.0. The van der Waals surface area contributed by atoms with Crippen LogP contribution in [0.4, 0.5) is 6.01 Å². The molecular weight excluding hydrogens is 276 g/mol. The molecule has 0 atom stereocenters. The average molecular weight is 294 g/mol. The Labute approximate surface area is 129 Å². The van der Waals surface area contributed by atoms with E-state index in [-0.39, 0.29) is 6.01 Å². The van der Waals surface area contributed by atoms with E-state index in [0.717, 1.165) is 23.2 Å². The molecule has 1 heterocycles. The van der Waals surface area contributed by atoms with Crippen LogP contribution >= 0.6 is 0 Å². The van der Waals surface area contributed by atoms with Crippen LogP contribution in [0.25, 0.3) is 22.6 Å². The lowest BCUT2D eigenvalue weighted by Gasteiger charge is -2.11. The first-order chi connectivity index (χ1) is 10.6. The molecule has 3 aromatic rings. The van der Waals surface area contributed by atoms with Gasteiger partial charge in [0.05, 0.1) is 0 Å². The van der Waals surface area contributed by atoms with Gasteiger partial charge < -0.3 is 15.1 Å². The Morgan fingerprint density at radius 2 is 1.64 bits per heavy atom. The molecule has 1 aromatic heterocycles. The molecule has 0 saturated carbocycles. The number of rotatable bonds is 4. The first kappa shape index (κ1) is 14.3. The Bertz CT molecular complexity index is 780. The van der Waals surface area contributed by atoms with E-state index in [4.69, 9.17) is 10.2 Å². The van der Waals surface area contributed by atoms with E-state index < -0.39 is 0 Å². The molecule has 0 aliphatic rings. The van der Waals surface area contributed by atoms with Crippen molar-refractivity contribution in [2.45, 2.75) is 6.54 Å². The summed E-state index contributed by atoms with van der Waals surface area (Å²) in [6.07, 6.45) is 0. The molecule has 0 aliphatic heterocycles. The van der Waals surface area contributed by atoms with Crippen LogP contribution in [0.15, 0.2) is 52.9 Å². The SMILES string of the molecule is CN(C)Cc1cccc(-c2cccc(-c3nnc(N)o3)c2)c1. The summed E-state index contributed by atoms with van der Waals surface area (Å²) in [5, 5.41) is 7.63. The number of aromatic nitrogens is 2. The number of hydrogen-bond acceptors (Lipinski definition) is 5. The number of nitrogen functional groups attached to an aromatic ring is 1. The molecule has 5 nitrogen and oxygen atoms in total. The van der Waals surface area contributed by atoms with Crippen molar-refractivity contribution in [1.29, 1.82) is 0 Å². The van der Waals surface area contributed by atoms with Crippen LogP contribution in [0.5, 0.6) is 0 Å².